The number of aliphatic hydroxyl groups excluding tert-OH is 4. The maximum atomic E-state index is 9.20. The van der Waals surface area contributed by atoms with E-state index in [1.54, 1.807) is 0 Å². The van der Waals surface area contributed by atoms with E-state index in [-0.39, 0.29) is 0 Å². The van der Waals surface area contributed by atoms with Crippen molar-refractivity contribution >= 4 is 11.6 Å². The van der Waals surface area contributed by atoms with Gasteiger partial charge in [0.2, 0.25) is 0 Å². The molecular formula is C6H11ClO5. The summed E-state index contributed by atoms with van der Waals surface area (Å²) in [6.07, 6.45) is -4.89. The molecule has 1 rings (SSSR count). The standard InChI is InChI=1S/C6H11ClO5/c7-3-5(10)4(9)2(1-8)12-6(3)11/h2-6,8-11H,1H2/t2-,3-,4-,5-,6-/m1/s1. The van der Waals surface area contributed by atoms with E-state index in [4.69, 9.17) is 26.6 Å². The molecule has 0 aromatic carbocycles. The van der Waals surface area contributed by atoms with E-state index in [0.29, 0.717) is 0 Å². The molecule has 0 radical (unpaired) electrons. The lowest BCUT2D eigenvalue weighted by Crippen LogP contribution is -2.56. The molecule has 0 aromatic heterocycles. The number of alkyl halides is 1. The first kappa shape index (κ1) is 10.2. The Balaban J connectivity index is 2.63. The van der Waals surface area contributed by atoms with Gasteiger partial charge in [0, 0.05) is 0 Å². The van der Waals surface area contributed by atoms with Crippen molar-refractivity contribution in [1.82, 2.24) is 0 Å². The molecule has 5 nitrogen and oxygen atoms in total. The average molecular weight is 199 g/mol. The lowest BCUT2D eigenvalue weighted by Gasteiger charge is -2.37. The zero-order chi connectivity index (χ0) is 9.30. The second kappa shape index (κ2) is 3.87. The molecule has 1 fully saturated rings. The van der Waals surface area contributed by atoms with E-state index >= 15 is 0 Å². The minimum Gasteiger partial charge on any atom is -0.394 e. The third-order valence-corrected chi connectivity index (χ3v) is 2.30. The lowest BCUT2D eigenvalue weighted by atomic mass is 10.0. The number of aliphatic hydroxyl groups is 4. The van der Waals surface area contributed by atoms with Crippen molar-refractivity contribution in [3.63, 3.8) is 0 Å². The minimum absolute atomic E-state index is 0.473. The molecule has 0 aromatic rings. The van der Waals surface area contributed by atoms with Crippen molar-refractivity contribution in [2.75, 3.05) is 6.61 Å². The average Bonchev–Trinajstić information content (AvgIpc) is 2.08. The van der Waals surface area contributed by atoms with Crippen LogP contribution in [0.15, 0.2) is 0 Å². The third-order valence-electron chi connectivity index (χ3n) is 1.82. The molecule has 0 spiro atoms. The van der Waals surface area contributed by atoms with Crippen LogP contribution in [-0.2, 0) is 4.74 Å². The summed E-state index contributed by atoms with van der Waals surface area (Å²) in [4.78, 5) is 0. The fourth-order valence-corrected chi connectivity index (χ4v) is 1.27. The molecule has 0 unspecified atom stereocenters. The second-order valence-electron chi connectivity index (χ2n) is 2.67. The van der Waals surface area contributed by atoms with Crippen LogP contribution in [-0.4, -0.2) is 57.0 Å². The molecule has 0 bridgehead atoms. The Bertz CT molecular complexity index is 150. The Kier molecular flexibility index (Phi) is 3.28. The van der Waals surface area contributed by atoms with Crippen LogP contribution in [0.4, 0.5) is 0 Å². The summed E-state index contributed by atoms with van der Waals surface area (Å²) in [6, 6.07) is 0. The van der Waals surface area contributed by atoms with Crippen molar-refractivity contribution in [3.8, 4) is 0 Å². The van der Waals surface area contributed by atoms with Crippen LogP contribution in [0.5, 0.6) is 0 Å². The van der Waals surface area contributed by atoms with Crippen LogP contribution in [0.2, 0.25) is 0 Å². The van der Waals surface area contributed by atoms with Crippen molar-refractivity contribution in [1.29, 1.82) is 0 Å². The van der Waals surface area contributed by atoms with E-state index in [2.05, 4.69) is 0 Å². The van der Waals surface area contributed by atoms with E-state index in [0.717, 1.165) is 0 Å². The molecule has 0 amide bonds. The van der Waals surface area contributed by atoms with Crippen molar-refractivity contribution in [2.24, 2.45) is 0 Å². The summed E-state index contributed by atoms with van der Waals surface area (Å²) < 4.78 is 4.69. The molecule has 1 heterocycles. The molecular weight excluding hydrogens is 188 g/mol. The van der Waals surface area contributed by atoms with Crippen LogP contribution in [0.25, 0.3) is 0 Å². The maximum Gasteiger partial charge on any atom is 0.174 e. The minimum atomic E-state index is -1.36. The van der Waals surface area contributed by atoms with Crippen LogP contribution in [0.3, 0.4) is 0 Å². The molecule has 1 aliphatic rings. The highest BCUT2D eigenvalue weighted by atomic mass is 35.5. The van der Waals surface area contributed by atoms with E-state index in [9.17, 15) is 10.2 Å². The van der Waals surface area contributed by atoms with Gasteiger partial charge in [-0.15, -0.1) is 11.6 Å². The zero-order valence-electron chi connectivity index (χ0n) is 6.17. The van der Waals surface area contributed by atoms with Gasteiger partial charge in [-0.3, -0.25) is 0 Å². The molecule has 1 saturated heterocycles. The Morgan fingerprint density at radius 2 is 1.75 bits per heavy atom. The SMILES string of the molecule is OC[C@H]1O[C@@H](O)[C@H](Cl)[C@@H](O)[C@@H]1O. The van der Waals surface area contributed by atoms with Gasteiger partial charge >= 0.3 is 0 Å². The molecule has 4 N–H and O–H groups in total. The topological polar surface area (TPSA) is 90.2 Å². The van der Waals surface area contributed by atoms with Crippen LogP contribution < -0.4 is 0 Å². The summed E-state index contributed by atoms with van der Waals surface area (Å²) in [6.45, 7) is -0.473. The highest BCUT2D eigenvalue weighted by Crippen LogP contribution is 2.23. The number of halogens is 1. The number of hydrogen-bond acceptors (Lipinski definition) is 5. The van der Waals surface area contributed by atoms with Gasteiger partial charge in [0.25, 0.3) is 0 Å². The third kappa shape index (κ3) is 1.71. The summed E-state index contributed by atoms with van der Waals surface area (Å²) in [5, 5.41) is 35.0. The predicted octanol–water partition coefficient (Wildman–Crippen LogP) is -1.97. The van der Waals surface area contributed by atoms with Crippen LogP contribution >= 0.6 is 11.6 Å². The zero-order valence-corrected chi connectivity index (χ0v) is 6.92. The van der Waals surface area contributed by atoms with E-state index < -0.39 is 36.6 Å². The number of hydrogen-bond donors (Lipinski definition) is 4. The van der Waals surface area contributed by atoms with Gasteiger partial charge in [-0.25, -0.2) is 0 Å². The molecule has 72 valence electrons. The Morgan fingerprint density at radius 3 is 2.25 bits per heavy atom. The quantitative estimate of drug-likeness (QED) is 0.367. The van der Waals surface area contributed by atoms with Gasteiger partial charge < -0.3 is 25.2 Å². The Labute approximate surface area is 74.2 Å². The fraction of sp³-hybridized carbons (Fsp3) is 1.00. The van der Waals surface area contributed by atoms with Crippen molar-refractivity contribution in [3.05, 3.63) is 0 Å². The number of ether oxygens (including phenoxy) is 1. The lowest BCUT2D eigenvalue weighted by molar-refractivity contribution is -0.236. The predicted molar refractivity (Wildman–Crippen MR) is 39.6 cm³/mol. The summed E-state index contributed by atoms with van der Waals surface area (Å²) in [5.41, 5.74) is 0. The summed E-state index contributed by atoms with van der Waals surface area (Å²) in [7, 11) is 0. The normalized spacial score (nSPS) is 49.2. The first-order valence-electron chi connectivity index (χ1n) is 3.52. The van der Waals surface area contributed by atoms with Gasteiger partial charge in [0.1, 0.15) is 23.7 Å². The van der Waals surface area contributed by atoms with E-state index in [1.165, 1.54) is 0 Å². The molecule has 6 heteroatoms. The maximum absolute atomic E-state index is 9.20. The molecule has 0 aliphatic carbocycles. The van der Waals surface area contributed by atoms with Gasteiger partial charge in [0.15, 0.2) is 6.29 Å². The largest absolute Gasteiger partial charge is 0.394 e. The first-order chi connectivity index (χ1) is 5.57. The van der Waals surface area contributed by atoms with Crippen LogP contribution in [0, 0.1) is 0 Å². The van der Waals surface area contributed by atoms with E-state index in [1.807, 2.05) is 0 Å². The fourth-order valence-electron chi connectivity index (χ4n) is 1.06. The van der Waals surface area contributed by atoms with Crippen molar-refractivity contribution < 1.29 is 25.2 Å². The van der Waals surface area contributed by atoms with Gasteiger partial charge in [0.05, 0.1) is 6.61 Å². The summed E-state index contributed by atoms with van der Waals surface area (Å²) >= 11 is 5.47. The Morgan fingerprint density at radius 1 is 1.17 bits per heavy atom. The molecule has 5 atom stereocenters. The number of rotatable bonds is 1. The molecule has 0 saturated carbocycles. The monoisotopic (exact) mass is 198 g/mol. The highest BCUT2D eigenvalue weighted by Gasteiger charge is 2.42. The smallest absolute Gasteiger partial charge is 0.174 e. The van der Waals surface area contributed by atoms with Crippen LogP contribution in [0.1, 0.15) is 0 Å². The van der Waals surface area contributed by atoms with Crippen molar-refractivity contribution in [2.45, 2.75) is 30.0 Å². The Hall–Kier alpha value is 0.0900. The second-order valence-corrected chi connectivity index (χ2v) is 3.18. The first-order valence-corrected chi connectivity index (χ1v) is 3.96. The summed E-state index contributed by atoms with van der Waals surface area (Å²) in [5.74, 6) is 0. The highest BCUT2D eigenvalue weighted by molar-refractivity contribution is 6.21. The van der Waals surface area contributed by atoms with Gasteiger partial charge in [-0.1, -0.05) is 0 Å². The molecule has 12 heavy (non-hydrogen) atoms. The molecule has 1 aliphatic heterocycles. The van der Waals surface area contributed by atoms with Gasteiger partial charge in [-0.2, -0.15) is 0 Å². The van der Waals surface area contributed by atoms with Gasteiger partial charge in [-0.05, 0) is 0 Å².